The molecule has 0 atom stereocenters. The Morgan fingerprint density at radius 3 is 2.69 bits per heavy atom. The van der Waals surface area contributed by atoms with Crippen LogP contribution in [0.4, 0.5) is 5.82 Å². The predicted molar refractivity (Wildman–Crippen MR) is 97.7 cm³/mol. The highest BCUT2D eigenvalue weighted by Gasteiger charge is 2.14. The molecule has 0 aliphatic rings. The Balaban J connectivity index is 1.65. The summed E-state index contributed by atoms with van der Waals surface area (Å²) in [6.45, 7) is 4.90. The van der Waals surface area contributed by atoms with Gasteiger partial charge >= 0.3 is 0 Å². The van der Waals surface area contributed by atoms with Crippen LogP contribution in [0.5, 0.6) is 0 Å². The van der Waals surface area contributed by atoms with E-state index in [0.717, 1.165) is 28.8 Å². The summed E-state index contributed by atoms with van der Waals surface area (Å²) < 4.78 is 0. The van der Waals surface area contributed by atoms with Gasteiger partial charge in [0.25, 0.3) is 5.91 Å². The van der Waals surface area contributed by atoms with Gasteiger partial charge in [-0.2, -0.15) is 5.10 Å². The van der Waals surface area contributed by atoms with E-state index in [4.69, 9.17) is 0 Å². The molecule has 3 aromatic heterocycles. The van der Waals surface area contributed by atoms with Gasteiger partial charge in [0.1, 0.15) is 5.82 Å². The molecular weight excluding hydrogens is 330 g/mol. The van der Waals surface area contributed by atoms with Gasteiger partial charge in [-0.1, -0.05) is 0 Å². The first-order chi connectivity index (χ1) is 12.6. The fraction of sp³-hybridized carbons (Fsp3) is 0.278. The fourth-order valence-electron chi connectivity index (χ4n) is 2.40. The Bertz CT molecular complexity index is 863. The Hall–Kier alpha value is -3.29. The zero-order valence-corrected chi connectivity index (χ0v) is 14.8. The van der Waals surface area contributed by atoms with Crippen LogP contribution in [0.1, 0.15) is 33.0 Å². The molecule has 0 aliphatic heterocycles. The normalized spacial score (nSPS) is 10.5. The molecule has 3 rings (SSSR count). The highest BCUT2D eigenvalue weighted by atomic mass is 16.2. The van der Waals surface area contributed by atoms with Gasteiger partial charge < -0.3 is 10.6 Å². The molecular formula is C18H21N7O. The molecule has 0 saturated carbocycles. The maximum Gasteiger partial charge on any atom is 0.289 e. The van der Waals surface area contributed by atoms with E-state index < -0.39 is 0 Å². The number of H-pyrrole nitrogens is 1. The molecule has 0 bridgehead atoms. The number of aromatic nitrogens is 5. The number of aromatic amines is 1. The number of amides is 1. The monoisotopic (exact) mass is 351 g/mol. The van der Waals surface area contributed by atoms with E-state index in [0.29, 0.717) is 18.9 Å². The highest BCUT2D eigenvalue weighted by Crippen LogP contribution is 2.15. The molecule has 134 valence electrons. The average molecular weight is 351 g/mol. The average Bonchev–Trinajstić information content (AvgIpc) is 3.17. The standard InChI is InChI=1S/C18H21N7O/c1-12-13(2)24-17(18(26)21-9-14-3-6-19-7-4-14)25-16(12)20-8-5-15-10-22-23-11-15/h3-4,6-7,10-11H,5,8-9H2,1-2H3,(H,21,26)(H,22,23)(H,20,24,25). The summed E-state index contributed by atoms with van der Waals surface area (Å²) in [6.07, 6.45) is 7.84. The highest BCUT2D eigenvalue weighted by molar-refractivity contribution is 5.90. The second-order valence-electron chi connectivity index (χ2n) is 5.93. The number of rotatable bonds is 7. The molecule has 0 aliphatic carbocycles. The summed E-state index contributed by atoms with van der Waals surface area (Å²) in [5, 5.41) is 12.8. The number of hydrogen-bond donors (Lipinski definition) is 3. The molecule has 0 aromatic carbocycles. The van der Waals surface area contributed by atoms with Gasteiger partial charge in [0, 0.05) is 42.9 Å². The van der Waals surface area contributed by atoms with Crippen LogP contribution in [0.15, 0.2) is 36.9 Å². The lowest BCUT2D eigenvalue weighted by Crippen LogP contribution is -2.26. The third kappa shape index (κ3) is 4.41. The molecule has 0 saturated heterocycles. The van der Waals surface area contributed by atoms with Gasteiger partial charge in [-0.05, 0) is 43.5 Å². The molecule has 0 spiro atoms. The molecule has 0 fully saturated rings. The van der Waals surface area contributed by atoms with Crippen molar-refractivity contribution < 1.29 is 4.79 Å². The molecule has 3 N–H and O–H groups in total. The molecule has 0 unspecified atom stereocenters. The zero-order chi connectivity index (χ0) is 18.4. The van der Waals surface area contributed by atoms with Crippen LogP contribution in [0, 0.1) is 13.8 Å². The van der Waals surface area contributed by atoms with Crippen molar-refractivity contribution in [3.63, 3.8) is 0 Å². The first-order valence-electron chi connectivity index (χ1n) is 8.37. The molecule has 3 heterocycles. The molecule has 8 heteroatoms. The Morgan fingerprint density at radius 2 is 1.96 bits per heavy atom. The van der Waals surface area contributed by atoms with Crippen LogP contribution >= 0.6 is 0 Å². The summed E-state index contributed by atoms with van der Waals surface area (Å²) in [5.74, 6) is 0.533. The number of carbonyl (C=O) groups is 1. The van der Waals surface area contributed by atoms with E-state index >= 15 is 0 Å². The van der Waals surface area contributed by atoms with Crippen LogP contribution in [0.25, 0.3) is 0 Å². The number of nitrogens with zero attached hydrogens (tertiary/aromatic N) is 4. The molecule has 0 radical (unpaired) electrons. The predicted octanol–water partition coefficient (Wildman–Crippen LogP) is 1.80. The van der Waals surface area contributed by atoms with Crippen molar-refractivity contribution in [1.29, 1.82) is 0 Å². The van der Waals surface area contributed by atoms with E-state index in [1.807, 2.05) is 32.2 Å². The first kappa shape index (κ1) is 17.5. The molecule has 1 amide bonds. The lowest BCUT2D eigenvalue weighted by atomic mass is 10.2. The Kier molecular flexibility index (Phi) is 5.52. The van der Waals surface area contributed by atoms with Crippen molar-refractivity contribution in [2.75, 3.05) is 11.9 Å². The summed E-state index contributed by atoms with van der Waals surface area (Å²) in [6, 6.07) is 3.70. The minimum atomic E-state index is -0.303. The molecule has 26 heavy (non-hydrogen) atoms. The van der Waals surface area contributed by atoms with E-state index in [-0.39, 0.29) is 11.7 Å². The minimum absolute atomic E-state index is 0.160. The number of anilines is 1. The Morgan fingerprint density at radius 1 is 1.15 bits per heavy atom. The van der Waals surface area contributed by atoms with Gasteiger partial charge in [0.2, 0.25) is 5.82 Å². The minimum Gasteiger partial charge on any atom is -0.369 e. The number of pyridine rings is 1. The summed E-state index contributed by atoms with van der Waals surface area (Å²) in [5.41, 5.74) is 3.79. The molecule has 8 nitrogen and oxygen atoms in total. The second-order valence-corrected chi connectivity index (χ2v) is 5.93. The van der Waals surface area contributed by atoms with Crippen molar-refractivity contribution in [1.82, 2.24) is 30.5 Å². The summed E-state index contributed by atoms with van der Waals surface area (Å²) >= 11 is 0. The topological polar surface area (TPSA) is 108 Å². The van der Waals surface area contributed by atoms with Crippen molar-refractivity contribution >= 4 is 11.7 Å². The lowest BCUT2D eigenvalue weighted by molar-refractivity contribution is 0.0940. The third-order valence-electron chi connectivity index (χ3n) is 4.06. The van der Waals surface area contributed by atoms with Crippen molar-refractivity contribution in [2.24, 2.45) is 0 Å². The van der Waals surface area contributed by atoms with Gasteiger partial charge in [-0.25, -0.2) is 9.97 Å². The third-order valence-corrected chi connectivity index (χ3v) is 4.06. The first-order valence-corrected chi connectivity index (χ1v) is 8.37. The molecule has 3 aromatic rings. The maximum atomic E-state index is 12.4. The number of nitrogens with one attached hydrogen (secondary N) is 3. The lowest BCUT2D eigenvalue weighted by Gasteiger charge is -2.12. The number of aryl methyl sites for hydroxylation is 1. The zero-order valence-electron chi connectivity index (χ0n) is 14.8. The van der Waals surface area contributed by atoms with Crippen LogP contribution in [-0.2, 0) is 13.0 Å². The van der Waals surface area contributed by atoms with Gasteiger partial charge in [0.05, 0.1) is 6.20 Å². The van der Waals surface area contributed by atoms with Crippen molar-refractivity contribution in [3.05, 3.63) is 65.1 Å². The van der Waals surface area contributed by atoms with Crippen LogP contribution in [0.2, 0.25) is 0 Å². The summed E-state index contributed by atoms with van der Waals surface area (Å²) in [4.78, 5) is 25.1. The fourth-order valence-corrected chi connectivity index (χ4v) is 2.40. The van der Waals surface area contributed by atoms with Gasteiger partial charge in [-0.15, -0.1) is 0 Å². The summed E-state index contributed by atoms with van der Waals surface area (Å²) in [7, 11) is 0. The largest absolute Gasteiger partial charge is 0.369 e. The van der Waals surface area contributed by atoms with E-state index in [9.17, 15) is 4.79 Å². The smallest absolute Gasteiger partial charge is 0.289 e. The van der Waals surface area contributed by atoms with Crippen LogP contribution in [-0.4, -0.2) is 37.6 Å². The number of hydrogen-bond acceptors (Lipinski definition) is 6. The van der Waals surface area contributed by atoms with Crippen LogP contribution in [0.3, 0.4) is 0 Å². The number of carbonyl (C=O) groups excluding carboxylic acids is 1. The van der Waals surface area contributed by atoms with Crippen molar-refractivity contribution in [2.45, 2.75) is 26.8 Å². The van der Waals surface area contributed by atoms with Crippen LogP contribution < -0.4 is 10.6 Å². The van der Waals surface area contributed by atoms with E-state index in [1.165, 1.54) is 0 Å². The van der Waals surface area contributed by atoms with Gasteiger partial charge in [0.15, 0.2) is 0 Å². The SMILES string of the molecule is Cc1nc(C(=O)NCc2ccncc2)nc(NCCc2cn[nH]c2)c1C. The quantitative estimate of drug-likeness (QED) is 0.599. The Labute approximate surface area is 151 Å². The van der Waals surface area contributed by atoms with E-state index in [1.54, 1.807) is 18.6 Å². The van der Waals surface area contributed by atoms with E-state index in [2.05, 4.69) is 35.8 Å². The van der Waals surface area contributed by atoms with Gasteiger partial charge in [-0.3, -0.25) is 14.9 Å². The van der Waals surface area contributed by atoms with Crippen molar-refractivity contribution in [3.8, 4) is 0 Å². The maximum absolute atomic E-state index is 12.4. The second kappa shape index (κ2) is 8.19.